The molecule has 0 aromatic carbocycles. The molecule has 2 rings (SSSR count). The fourth-order valence-electron chi connectivity index (χ4n) is 2.78. The minimum absolute atomic E-state index is 0.0134. The monoisotopic (exact) mass is 279 g/mol. The molecule has 2 heterocycles. The molecule has 2 atom stereocenters. The minimum Gasteiger partial charge on any atom is -0.468 e. The highest BCUT2D eigenvalue weighted by Gasteiger charge is 2.35. The Bertz CT molecular complexity index is 428. The third-order valence-electron chi connectivity index (χ3n) is 3.97. The summed E-state index contributed by atoms with van der Waals surface area (Å²) in [6, 6.07) is 4.10. The number of rotatable bonds is 4. The summed E-state index contributed by atoms with van der Waals surface area (Å²) in [6.07, 6.45) is 1.70. The Morgan fingerprint density at radius 1 is 1.50 bits per heavy atom. The van der Waals surface area contributed by atoms with Crippen LogP contribution in [0.25, 0.3) is 0 Å². The predicted molar refractivity (Wildman–Crippen MR) is 78.3 cm³/mol. The number of hydrogen-bond donors (Lipinski definition) is 1. The van der Waals surface area contributed by atoms with E-state index in [4.69, 9.17) is 4.42 Å². The second-order valence-electron chi connectivity index (χ2n) is 6.13. The summed E-state index contributed by atoms with van der Waals surface area (Å²) >= 11 is 0. The molecule has 5 heteroatoms. The molecule has 1 fully saturated rings. The van der Waals surface area contributed by atoms with Crippen molar-refractivity contribution in [3.63, 3.8) is 0 Å². The van der Waals surface area contributed by atoms with Gasteiger partial charge in [0.05, 0.1) is 12.8 Å². The van der Waals surface area contributed by atoms with Crippen molar-refractivity contribution in [2.75, 3.05) is 27.2 Å². The first-order chi connectivity index (χ1) is 9.47. The van der Waals surface area contributed by atoms with Crippen LogP contribution in [0.3, 0.4) is 0 Å². The van der Waals surface area contributed by atoms with Crippen LogP contribution in [0.5, 0.6) is 0 Å². The second kappa shape index (κ2) is 6.31. The Balaban J connectivity index is 1.97. The lowest BCUT2D eigenvalue weighted by atomic mass is 9.91. The third kappa shape index (κ3) is 3.54. The van der Waals surface area contributed by atoms with Crippen LogP contribution in [0, 0.1) is 11.8 Å². The van der Waals surface area contributed by atoms with E-state index in [-0.39, 0.29) is 12.1 Å². The molecule has 0 spiro atoms. The molecule has 112 valence electrons. The lowest BCUT2D eigenvalue weighted by Gasteiger charge is -2.24. The van der Waals surface area contributed by atoms with Crippen molar-refractivity contribution in [1.29, 1.82) is 0 Å². The van der Waals surface area contributed by atoms with E-state index in [1.807, 2.05) is 12.1 Å². The molecular formula is C15H25N3O2. The zero-order valence-electron chi connectivity index (χ0n) is 12.8. The van der Waals surface area contributed by atoms with Crippen molar-refractivity contribution in [2.24, 2.45) is 11.8 Å². The van der Waals surface area contributed by atoms with Crippen LogP contribution >= 0.6 is 0 Å². The van der Waals surface area contributed by atoms with E-state index < -0.39 is 0 Å². The van der Waals surface area contributed by atoms with Gasteiger partial charge in [0.1, 0.15) is 5.76 Å². The number of nitrogens with zero attached hydrogens (tertiary/aromatic N) is 2. The highest BCUT2D eigenvalue weighted by Crippen LogP contribution is 2.26. The van der Waals surface area contributed by atoms with Gasteiger partial charge in [0.2, 0.25) is 0 Å². The highest BCUT2D eigenvalue weighted by atomic mass is 16.3. The fourth-order valence-corrected chi connectivity index (χ4v) is 2.78. The van der Waals surface area contributed by atoms with Crippen molar-refractivity contribution >= 4 is 6.03 Å². The normalized spacial score (nSPS) is 23.2. The van der Waals surface area contributed by atoms with Gasteiger partial charge in [0.15, 0.2) is 0 Å². The van der Waals surface area contributed by atoms with E-state index in [0.29, 0.717) is 11.8 Å². The lowest BCUT2D eigenvalue weighted by molar-refractivity contribution is 0.207. The highest BCUT2D eigenvalue weighted by molar-refractivity contribution is 5.73. The van der Waals surface area contributed by atoms with Gasteiger partial charge in [-0.25, -0.2) is 4.79 Å². The van der Waals surface area contributed by atoms with Crippen LogP contribution < -0.4 is 5.32 Å². The van der Waals surface area contributed by atoms with Crippen molar-refractivity contribution in [2.45, 2.75) is 26.4 Å². The SMILES string of the molecule is CC(C)[C@@H]1CN(Cc2ccco2)C[C@H]1NC(=O)N(C)C. The molecular weight excluding hydrogens is 254 g/mol. The van der Waals surface area contributed by atoms with Gasteiger partial charge < -0.3 is 14.6 Å². The smallest absolute Gasteiger partial charge is 0.317 e. The van der Waals surface area contributed by atoms with E-state index in [1.54, 1.807) is 25.3 Å². The maximum absolute atomic E-state index is 11.9. The number of carbonyl (C=O) groups excluding carboxylic acids is 1. The number of nitrogens with one attached hydrogen (secondary N) is 1. The first-order valence-corrected chi connectivity index (χ1v) is 7.20. The first kappa shape index (κ1) is 14.9. The van der Waals surface area contributed by atoms with Gasteiger partial charge in [-0.2, -0.15) is 0 Å². The van der Waals surface area contributed by atoms with Gasteiger partial charge in [-0.05, 0) is 24.0 Å². The zero-order valence-corrected chi connectivity index (χ0v) is 12.8. The van der Waals surface area contributed by atoms with Crippen molar-refractivity contribution in [1.82, 2.24) is 15.1 Å². The van der Waals surface area contributed by atoms with Crippen LogP contribution in [0.4, 0.5) is 4.79 Å². The number of urea groups is 1. The van der Waals surface area contributed by atoms with Crippen LogP contribution in [0.2, 0.25) is 0 Å². The molecule has 1 N–H and O–H groups in total. The van der Waals surface area contributed by atoms with Crippen LogP contribution in [-0.2, 0) is 6.54 Å². The number of furan rings is 1. The first-order valence-electron chi connectivity index (χ1n) is 7.20. The average molecular weight is 279 g/mol. The van der Waals surface area contributed by atoms with E-state index in [0.717, 1.165) is 25.4 Å². The molecule has 20 heavy (non-hydrogen) atoms. The van der Waals surface area contributed by atoms with Gasteiger partial charge in [-0.15, -0.1) is 0 Å². The summed E-state index contributed by atoms with van der Waals surface area (Å²) in [5.74, 6) is 2.00. The summed E-state index contributed by atoms with van der Waals surface area (Å²) in [4.78, 5) is 15.8. The van der Waals surface area contributed by atoms with E-state index >= 15 is 0 Å². The Labute approximate surface area is 120 Å². The molecule has 0 radical (unpaired) electrons. The Morgan fingerprint density at radius 2 is 2.25 bits per heavy atom. The minimum atomic E-state index is -0.0134. The summed E-state index contributed by atoms with van der Waals surface area (Å²) in [5.41, 5.74) is 0. The van der Waals surface area contributed by atoms with Gasteiger partial charge in [-0.3, -0.25) is 4.90 Å². The number of amides is 2. The standard InChI is InChI=1S/C15H25N3O2/c1-11(2)13-9-18(8-12-6-5-7-20-12)10-14(13)16-15(19)17(3)4/h5-7,11,13-14H,8-10H2,1-4H3,(H,16,19)/t13-,14+/m0/s1. The Morgan fingerprint density at radius 3 is 2.80 bits per heavy atom. The molecule has 5 nitrogen and oxygen atoms in total. The number of hydrogen-bond acceptors (Lipinski definition) is 3. The molecule has 0 aliphatic carbocycles. The summed E-state index contributed by atoms with van der Waals surface area (Å²) in [5, 5.41) is 3.13. The summed E-state index contributed by atoms with van der Waals surface area (Å²) in [6.45, 7) is 7.12. The van der Waals surface area contributed by atoms with E-state index in [2.05, 4.69) is 24.1 Å². The molecule has 2 amide bonds. The molecule has 0 bridgehead atoms. The topological polar surface area (TPSA) is 48.7 Å². The second-order valence-corrected chi connectivity index (χ2v) is 6.13. The van der Waals surface area contributed by atoms with Crippen molar-refractivity contribution < 1.29 is 9.21 Å². The van der Waals surface area contributed by atoms with Crippen LogP contribution in [0.15, 0.2) is 22.8 Å². The maximum atomic E-state index is 11.9. The molecule has 0 saturated carbocycles. The molecule has 0 unspecified atom stereocenters. The zero-order chi connectivity index (χ0) is 14.7. The van der Waals surface area contributed by atoms with E-state index in [9.17, 15) is 4.79 Å². The van der Waals surface area contributed by atoms with Crippen molar-refractivity contribution in [3.05, 3.63) is 24.2 Å². The van der Waals surface area contributed by atoms with Crippen LogP contribution in [-0.4, -0.2) is 49.1 Å². The van der Waals surface area contributed by atoms with E-state index in [1.165, 1.54) is 0 Å². The van der Waals surface area contributed by atoms with Gasteiger partial charge in [-0.1, -0.05) is 13.8 Å². The average Bonchev–Trinajstić information content (AvgIpc) is 2.99. The Hall–Kier alpha value is -1.49. The summed E-state index contributed by atoms with van der Waals surface area (Å²) < 4.78 is 5.41. The summed E-state index contributed by atoms with van der Waals surface area (Å²) in [7, 11) is 3.55. The molecule has 1 saturated heterocycles. The number of likely N-dealkylation sites (tertiary alicyclic amines) is 1. The molecule has 1 aromatic heterocycles. The lowest BCUT2D eigenvalue weighted by Crippen LogP contribution is -2.46. The predicted octanol–water partition coefficient (Wildman–Crippen LogP) is 2.01. The number of carbonyl (C=O) groups is 1. The molecule has 1 aliphatic heterocycles. The quantitative estimate of drug-likeness (QED) is 0.917. The fraction of sp³-hybridized carbons (Fsp3) is 0.667. The van der Waals surface area contributed by atoms with Crippen molar-refractivity contribution in [3.8, 4) is 0 Å². The maximum Gasteiger partial charge on any atom is 0.317 e. The van der Waals surface area contributed by atoms with Crippen LogP contribution in [0.1, 0.15) is 19.6 Å². The van der Waals surface area contributed by atoms with Gasteiger partial charge in [0, 0.05) is 33.2 Å². The largest absolute Gasteiger partial charge is 0.468 e. The molecule has 1 aromatic rings. The Kier molecular flexibility index (Phi) is 4.70. The van der Waals surface area contributed by atoms with Gasteiger partial charge in [0.25, 0.3) is 0 Å². The third-order valence-corrected chi connectivity index (χ3v) is 3.97. The molecule has 1 aliphatic rings. The van der Waals surface area contributed by atoms with Gasteiger partial charge >= 0.3 is 6.03 Å².